The number of hydrogen-bond donors (Lipinski definition) is 2. The first kappa shape index (κ1) is 18.3. The summed E-state index contributed by atoms with van der Waals surface area (Å²) >= 11 is 0. The number of methoxy groups -OCH3 is 1. The number of benzene rings is 1. The molecule has 0 amide bonds. The summed E-state index contributed by atoms with van der Waals surface area (Å²) in [6.07, 6.45) is 6.24. The molecule has 4 rings (SSSR count). The van der Waals surface area contributed by atoms with E-state index >= 15 is 0 Å². The molecule has 3 heterocycles. The standard InChI is InChI=1S/C19H25N7O2/c1-28-16-7-6-14(12-15(16)27)13-20-24-17-21-18(25-8-2-3-9-25)23-19(22-17)26-10-4-5-11-26/h6-7,12-13,27H,2-5,8-11H2,1H3,(H,21,22,23,24)/b20-13+. The summed E-state index contributed by atoms with van der Waals surface area (Å²) in [6, 6.07) is 5.09. The van der Waals surface area contributed by atoms with Crippen molar-refractivity contribution in [1.82, 2.24) is 15.0 Å². The number of hydrazone groups is 1. The van der Waals surface area contributed by atoms with Crippen molar-refractivity contribution in [2.75, 3.05) is 48.5 Å². The Balaban J connectivity index is 1.53. The molecule has 2 aliphatic heterocycles. The first-order chi connectivity index (χ1) is 13.7. The molecule has 9 heteroatoms. The van der Waals surface area contributed by atoms with Crippen LogP contribution in [0.4, 0.5) is 17.8 Å². The molecule has 0 atom stereocenters. The molecule has 9 nitrogen and oxygen atoms in total. The van der Waals surface area contributed by atoms with Crippen molar-refractivity contribution in [1.29, 1.82) is 0 Å². The smallest absolute Gasteiger partial charge is 0.250 e. The summed E-state index contributed by atoms with van der Waals surface area (Å²) in [5, 5.41) is 14.1. The zero-order valence-electron chi connectivity index (χ0n) is 16.0. The normalized spacial score (nSPS) is 16.9. The van der Waals surface area contributed by atoms with Gasteiger partial charge >= 0.3 is 0 Å². The van der Waals surface area contributed by atoms with Crippen molar-refractivity contribution in [3.63, 3.8) is 0 Å². The predicted molar refractivity (Wildman–Crippen MR) is 109 cm³/mol. The van der Waals surface area contributed by atoms with Gasteiger partial charge in [-0.05, 0) is 49.4 Å². The van der Waals surface area contributed by atoms with Gasteiger partial charge in [0.05, 0.1) is 13.3 Å². The fraction of sp³-hybridized carbons (Fsp3) is 0.474. The van der Waals surface area contributed by atoms with E-state index in [4.69, 9.17) is 4.74 Å². The topological polar surface area (TPSA) is 99.0 Å². The number of rotatable bonds is 6. The fourth-order valence-electron chi connectivity index (χ4n) is 3.47. The minimum absolute atomic E-state index is 0.0688. The van der Waals surface area contributed by atoms with Crippen LogP contribution in [0.2, 0.25) is 0 Å². The SMILES string of the molecule is COc1ccc(/C=N/Nc2nc(N3CCCC3)nc(N3CCCC3)n2)cc1O. The molecule has 0 saturated carbocycles. The number of nitrogens with zero attached hydrogens (tertiary/aromatic N) is 6. The minimum Gasteiger partial charge on any atom is -0.504 e. The highest BCUT2D eigenvalue weighted by Gasteiger charge is 2.21. The molecule has 148 valence electrons. The molecule has 2 N–H and O–H groups in total. The summed E-state index contributed by atoms with van der Waals surface area (Å²) in [5.41, 5.74) is 3.65. The highest BCUT2D eigenvalue weighted by atomic mass is 16.5. The van der Waals surface area contributed by atoms with E-state index in [1.807, 2.05) is 6.07 Å². The van der Waals surface area contributed by atoms with Crippen molar-refractivity contribution in [3.8, 4) is 11.5 Å². The average molecular weight is 383 g/mol. The van der Waals surface area contributed by atoms with Crippen LogP contribution in [0.25, 0.3) is 0 Å². The first-order valence-corrected chi connectivity index (χ1v) is 9.65. The van der Waals surface area contributed by atoms with Gasteiger partial charge in [0.2, 0.25) is 17.8 Å². The van der Waals surface area contributed by atoms with E-state index in [1.165, 1.54) is 7.11 Å². The Labute approximate surface area is 164 Å². The average Bonchev–Trinajstić information content (AvgIpc) is 3.42. The number of aromatic hydroxyl groups is 1. The van der Waals surface area contributed by atoms with Crippen LogP contribution in [-0.4, -0.2) is 59.6 Å². The molecular weight excluding hydrogens is 358 g/mol. The second kappa shape index (κ2) is 8.28. The Morgan fingerprint density at radius 2 is 1.61 bits per heavy atom. The number of hydrogen-bond acceptors (Lipinski definition) is 9. The van der Waals surface area contributed by atoms with E-state index in [1.54, 1.807) is 18.3 Å². The van der Waals surface area contributed by atoms with E-state index in [9.17, 15) is 5.11 Å². The van der Waals surface area contributed by atoms with Gasteiger partial charge in [-0.2, -0.15) is 20.1 Å². The molecule has 28 heavy (non-hydrogen) atoms. The Morgan fingerprint density at radius 1 is 1.00 bits per heavy atom. The lowest BCUT2D eigenvalue weighted by Gasteiger charge is -2.20. The fourth-order valence-corrected chi connectivity index (χ4v) is 3.47. The summed E-state index contributed by atoms with van der Waals surface area (Å²) in [6.45, 7) is 3.88. The molecule has 2 saturated heterocycles. The monoisotopic (exact) mass is 383 g/mol. The highest BCUT2D eigenvalue weighted by molar-refractivity contribution is 5.81. The van der Waals surface area contributed by atoms with E-state index < -0.39 is 0 Å². The van der Waals surface area contributed by atoms with E-state index in [0.29, 0.717) is 23.6 Å². The van der Waals surface area contributed by atoms with Gasteiger partial charge in [-0.25, -0.2) is 5.43 Å². The van der Waals surface area contributed by atoms with E-state index in [0.717, 1.165) is 57.4 Å². The van der Waals surface area contributed by atoms with Crippen LogP contribution in [0.5, 0.6) is 11.5 Å². The number of anilines is 3. The molecule has 2 aromatic rings. The van der Waals surface area contributed by atoms with E-state index in [2.05, 4.69) is 35.3 Å². The molecule has 0 spiro atoms. The largest absolute Gasteiger partial charge is 0.504 e. The quantitative estimate of drug-likeness (QED) is 0.579. The zero-order valence-corrected chi connectivity index (χ0v) is 16.0. The van der Waals surface area contributed by atoms with E-state index in [-0.39, 0.29) is 5.75 Å². The van der Waals surface area contributed by atoms with Crippen LogP contribution in [-0.2, 0) is 0 Å². The van der Waals surface area contributed by atoms with Gasteiger partial charge in [-0.3, -0.25) is 0 Å². The molecule has 1 aromatic carbocycles. The minimum atomic E-state index is 0.0688. The van der Waals surface area contributed by atoms with Crippen molar-refractivity contribution in [3.05, 3.63) is 23.8 Å². The van der Waals surface area contributed by atoms with Gasteiger partial charge in [0, 0.05) is 26.2 Å². The molecular formula is C19H25N7O2. The molecule has 0 aliphatic carbocycles. The van der Waals surface area contributed by atoms with Gasteiger partial charge in [0.25, 0.3) is 0 Å². The molecule has 1 aromatic heterocycles. The lowest BCUT2D eigenvalue weighted by Crippen LogP contribution is -2.25. The lowest BCUT2D eigenvalue weighted by atomic mass is 10.2. The molecule has 2 aliphatic rings. The maximum Gasteiger partial charge on any atom is 0.250 e. The van der Waals surface area contributed by atoms with Gasteiger partial charge in [-0.1, -0.05) is 0 Å². The summed E-state index contributed by atoms with van der Waals surface area (Å²) in [4.78, 5) is 18.2. The van der Waals surface area contributed by atoms with Crippen LogP contribution in [0.1, 0.15) is 31.2 Å². The number of nitrogens with one attached hydrogen (secondary N) is 1. The maximum absolute atomic E-state index is 9.87. The maximum atomic E-state index is 9.87. The van der Waals surface area contributed by atoms with Crippen molar-refractivity contribution in [2.24, 2.45) is 5.10 Å². The first-order valence-electron chi connectivity index (χ1n) is 9.65. The van der Waals surface area contributed by atoms with Crippen LogP contribution >= 0.6 is 0 Å². The van der Waals surface area contributed by atoms with Crippen molar-refractivity contribution in [2.45, 2.75) is 25.7 Å². The van der Waals surface area contributed by atoms with Crippen LogP contribution < -0.4 is 20.0 Å². The Bertz CT molecular complexity index is 812. The molecule has 0 bridgehead atoms. The highest BCUT2D eigenvalue weighted by Crippen LogP contribution is 2.26. The molecule has 0 radical (unpaired) electrons. The van der Waals surface area contributed by atoms with Crippen molar-refractivity contribution < 1.29 is 9.84 Å². The number of phenolic OH excluding ortho intramolecular Hbond substituents is 1. The number of ether oxygens (including phenoxy) is 1. The Hall–Kier alpha value is -3.10. The van der Waals surface area contributed by atoms with Gasteiger partial charge < -0.3 is 19.6 Å². The molecule has 0 unspecified atom stereocenters. The lowest BCUT2D eigenvalue weighted by molar-refractivity contribution is 0.373. The third kappa shape index (κ3) is 4.08. The third-order valence-corrected chi connectivity index (χ3v) is 4.97. The molecule has 2 fully saturated rings. The van der Waals surface area contributed by atoms with Crippen LogP contribution in [0, 0.1) is 0 Å². The van der Waals surface area contributed by atoms with Crippen molar-refractivity contribution >= 4 is 24.1 Å². The zero-order chi connectivity index (χ0) is 19.3. The second-order valence-corrected chi connectivity index (χ2v) is 6.95. The second-order valence-electron chi connectivity index (χ2n) is 6.95. The van der Waals surface area contributed by atoms with Crippen LogP contribution in [0.15, 0.2) is 23.3 Å². The Kier molecular flexibility index (Phi) is 5.41. The summed E-state index contributed by atoms with van der Waals surface area (Å²) < 4.78 is 5.05. The number of aromatic nitrogens is 3. The van der Waals surface area contributed by atoms with Crippen LogP contribution in [0.3, 0.4) is 0 Å². The summed E-state index contributed by atoms with van der Waals surface area (Å²) in [7, 11) is 1.51. The Morgan fingerprint density at radius 3 is 2.14 bits per heavy atom. The van der Waals surface area contributed by atoms with Gasteiger partial charge in [-0.15, -0.1) is 0 Å². The van der Waals surface area contributed by atoms with Gasteiger partial charge in [0.1, 0.15) is 0 Å². The predicted octanol–water partition coefficient (Wildman–Crippen LogP) is 2.23. The third-order valence-electron chi connectivity index (χ3n) is 4.97. The van der Waals surface area contributed by atoms with Gasteiger partial charge in [0.15, 0.2) is 11.5 Å². The number of phenols is 1. The summed E-state index contributed by atoms with van der Waals surface area (Å²) in [5.74, 6) is 2.32.